The Bertz CT molecular complexity index is 583. The molecule has 0 aliphatic carbocycles. The third-order valence-electron chi connectivity index (χ3n) is 2.92. The average molecular weight is 309 g/mol. The van der Waals surface area contributed by atoms with Crippen LogP contribution in [-0.4, -0.2) is 54.5 Å². The molecule has 1 aliphatic rings. The molecule has 0 saturated carbocycles. The molecule has 2 N–H and O–H groups in total. The Kier molecular flexibility index (Phi) is 4.77. The van der Waals surface area contributed by atoms with Crippen LogP contribution < -0.4 is 10.6 Å². The molecule has 1 saturated heterocycles. The van der Waals surface area contributed by atoms with Gasteiger partial charge in [0.2, 0.25) is 0 Å². The molecule has 0 radical (unpaired) electrons. The highest BCUT2D eigenvalue weighted by Crippen LogP contribution is 2.04. The molecule has 1 aromatic rings. The van der Waals surface area contributed by atoms with E-state index in [0.717, 1.165) is 4.90 Å². The van der Waals surface area contributed by atoms with Crippen LogP contribution in [0, 0.1) is 0 Å². The van der Waals surface area contributed by atoms with Crippen LogP contribution in [-0.2, 0) is 14.3 Å². The first kappa shape index (κ1) is 15.5. The molecular formula is C13H15N3O6. The van der Waals surface area contributed by atoms with Crippen molar-refractivity contribution in [2.24, 2.45) is 0 Å². The van der Waals surface area contributed by atoms with Gasteiger partial charge in [0.1, 0.15) is 6.54 Å². The van der Waals surface area contributed by atoms with Gasteiger partial charge < -0.3 is 19.8 Å². The van der Waals surface area contributed by atoms with Gasteiger partial charge in [-0.25, -0.2) is 4.79 Å². The zero-order chi connectivity index (χ0) is 16.1. The lowest BCUT2D eigenvalue weighted by molar-refractivity contribution is -0.156. The van der Waals surface area contributed by atoms with Gasteiger partial charge in [0, 0.05) is 13.1 Å². The van der Waals surface area contributed by atoms with Gasteiger partial charge >= 0.3 is 12.0 Å². The minimum Gasteiger partial charge on any atom is -0.459 e. The quantitative estimate of drug-likeness (QED) is 0.707. The van der Waals surface area contributed by atoms with E-state index in [0.29, 0.717) is 6.54 Å². The lowest BCUT2D eigenvalue weighted by atomic mass is 10.3. The molecule has 1 unspecified atom stereocenters. The number of imide groups is 1. The Hall–Kier alpha value is -2.84. The molecule has 4 amide bonds. The Balaban J connectivity index is 1.77. The molecule has 0 spiro atoms. The molecule has 2 heterocycles. The second-order valence-corrected chi connectivity index (χ2v) is 4.51. The van der Waals surface area contributed by atoms with Gasteiger partial charge in [-0.1, -0.05) is 0 Å². The van der Waals surface area contributed by atoms with E-state index in [1.165, 1.54) is 25.3 Å². The molecule has 9 nitrogen and oxygen atoms in total. The van der Waals surface area contributed by atoms with E-state index in [9.17, 15) is 19.2 Å². The highest BCUT2D eigenvalue weighted by Gasteiger charge is 2.31. The summed E-state index contributed by atoms with van der Waals surface area (Å²) >= 11 is 0. The molecule has 0 aromatic carbocycles. The molecule has 9 heteroatoms. The van der Waals surface area contributed by atoms with Gasteiger partial charge in [0.05, 0.1) is 6.26 Å². The number of hydrogen-bond donors (Lipinski definition) is 2. The summed E-state index contributed by atoms with van der Waals surface area (Å²) in [6, 6.07) is 2.47. The molecule has 1 fully saturated rings. The second-order valence-electron chi connectivity index (χ2n) is 4.51. The van der Waals surface area contributed by atoms with Crippen molar-refractivity contribution in [3.8, 4) is 0 Å². The van der Waals surface area contributed by atoms with Crippen molar-refractivity contribution in [2.45, 2.75) is 13.0 Å². The van der Waals surface area contributed by atoms with Gasteiger partial charge in [-0.2, -0.15) is 0 Å². The lowest BCUT2D eigenvalue weighted by Crippen LogP contribution is -2.43. The van der Waals surface area contributed by atoms with Gasteiger partial charge in [-0.15, -0.1) is 0 Å². The molecule has 1 atom stereocenters. The summed E-state index contributed by atoms with van der Waals surface area (Å²) in [4.78, 5) is 47.3. The maximum absolute atomic E-state index is 11.9. The van der Waals surface area contributed by atoms with Crippen LogP contribution in [0.25, 0.3) is 0 Å². The van der Waals surface area contributed by atoms with Crippen molar-refractivity contribution in [2.75, 3.05) is 19.6 Å². The number of furan rings is 1. The molecule has 118 valence electrons. The maximum Gasteiger partial charge on any atom is 0.326 e. The van der Waals surface area contributed by atoms with Crippen molar-refractivity contribution >= 4 is 23.8 Å². The zero-order valence-corrected chi connectivity index (χ0v) is 11.8. The van der Waals surface area contributed by atoms with E-state index >= 15 is 0 Å². The molecule has 1 aromatic heterocycles. The summed E-state index contributed by atoms with van der Waals surface area (Å²) in [5.74, 6) is -1.91. The normalized spacial score (nSPS) is 15.1. The minimum absolute atomic E-state index is 0.0608. The Labute approximate surface area is 125 Å². The van der Waals surface area contributed by atoms with Crippen molar-refractivity contribution in [3.63, 3.8) is 0 Å². The molecule has 2 rings (SSSR count). The van der Waals surface area contributed by atoms with Gasteiger partial charge in [0.15, 0.2) is 11.9 Å². The number of hydrogen-bond acceptors (Lipinski definition) is 6. The van der Waals surface area contributed by atoms with E-state index in [-0.39, 0.29) is 12.3 Å². The molecule has 1 aliphatic heterocycles. The lowest BCUT2D eigenvalue weighted by Gasteiger charge is -2.18. The van der Waals surface area contributed by atoms with Crippen LogP contribution in [0.1, 0.15) is 17.5 Å². The number of carbonyl (C=O) groups excluding carboxylic acids is 4. The number of rotatable bonds is 5. The highest BCUT2D eigenvalue weighted by molar-refractivity contribution is 5.98. The Morgan fingerprint density at radius 1 is 1.50 bits per heavy atom. The van der Waals surface area contributed by atoms with E-state index in [2.05, 4.69) is 10.6 Å². The van der Waals surface area contributed by atoms with Crippen LogP contribution in [0.4, 0.5) is 4.79 Å². The number of ether oxygens (including phenoxy) is 1. The van der Waals surface area contributed by atoms with Gasteiger partial charge in [-0.3, -0.25) is 19.3 Å². The highest BCUT2D eigenvalue weighted by atomic mass is 16.5. The fourth-order valence-corrected chi connectivity index (χ4v) is 1.84. The van der Waals surface area contributed by atoms with Gasteiger partial charge in [-0.05, 0) is 19.1 Å². The summed E-state index contributed by atoms with van der Waals surface area (Å²) in [6.45, 7) is 1.54. The number of esters is 1. The monoisotopic (exact) mass is 309 g/mol. The number of urea groups is 1. The van der Waals surface area contributed by atoms with Crippen LogP contribution in [0.3, 0.4) is 0 Å². The summed E-state index contributed by atoms with van der Waals surface area (Å²) in [5, 5.41) is 4.77. The van der Waals surface area contributed by atoms with Crippen molar-refractivity contribution in [1.82, 2.24) is 15.5 Å². The second kappa shape index (κ2) is 6.74. The SMILES string of the molecule is CC(OC(=O)CNC(=O)c1ccco1)C(=O)N1CCNC1=O. The first-order valence-electron chi connectivity index (χ1n) is 6.59. The summed E-state index contributed by atoms with van der Waals surface area (Å²) in [5.41, 5.74) is 0. The fourth-order valence-electron chi connectivity index (χ4n) is 1.84. The first-order valence-corrected chi connectivity index (χ1v) is 6.59. The van der Waals surface area contributed by atoms with Crippen LogP contribution >= 0.6 is 0 Å². The summed E-state index contributed by atoms with van der Waals surface area (Å²) in [6.07, 6.45) is 0.214. The standard InChI is InChI=1S/C13H15N3O6/c1-8(12(19)16-5-4-14-13(16)20)22-10(17)7-15-11(18)9-3-2-6-21-9/h2-3,6,8H,4-5,7H2,1H3,(H,14,20)(H,15,18). The Morgan fingerprint density at radius 2 is 2.27 bits per heavy atom. The van der Waals surface area contributed by atoms with E-state index in [1.807, 2.05) is 0 Å². The molecule has 22 heavy (non-hydrogen) atoms. The molecular weight excluding hydrogens is 294 g/mol. The van der Waals surface area contributed by atoms with Gasteiger partial charge in [0.25, 0.3) is 11.8 Å². The van der Waals surface area contributed by atoms with Crippen molar-refractivity contribution < 1.29 is 28.3 Å². The largest absolute Gasteiger partial charge is 0.459 e. The van der Waals surface area contributed by atoms with E-state index in [4.69, 9.17) is 9.15 Å². The average Bonchev–Trinajstić information content (AvgIpc) is 3.15. The summed E-state index contributed by atoms with van der Waals surface area (Å²) in [7, 11) is 0. The number of nitrogens with one attached hydrogen (secondary N) is 2. The van der Waals surface area contributed by atoms with Crippen LogP contribution in [0.2, 0.25) is 0 Å². The predicted octanol–water partition coefficient (Wildman–Crippen LogP) is -0.507. The van der Waals surface area contributed by atoms with Crippen LogP contribution in [0.5, 0.6) is 0 Å². The van der Waals surface area contributed by atoms with E-state index in [1.54, 1.807) is 0 Å². The number of carbonyl (C=O) groups is 4. The third-order valence-corrected chi connectivity index (χ3v) is 2.92. The summed E-state index contributed by atoms with van der Waals surface area (Å²) < 4.78 is 9.74. The first-order chi connectivity index (χ1) is 10.5. The third kappa shape index (κ3) is 3.62. The van der Waals surface area contributed by atoms with Crippen molar-refractivity contribution in [1.29, 1.82) is 0 Å². The van der Waals surface area contributed by atoms with Crippen molar-refractivity contribution in [3.05, 3.63) is 24.2 Å². The fraction of sp³-hybridized carbons (Fsp3) is 0.385. The minimum atomic E-state index is -1.11. The zero-order valence-electron chi connectivity index (χ0n) is 11.8. The maximum atomic E-state index is 11.9. The Morgan fingerprint density at radius 3 is 2.86 bits per heavy atom. The number of nitrogens with zero attached hydrogens (tertiary/aromatic N) is 1. The topological polar surface area (TPSA) is 118 Å². The molecule has 0 bridgehead atoms. The van der Waals surface area contributed by atoms with E-state index < -0.39 is 36.5 Å². The predicted molar refractivity (Wildman–Crippen MR) is 71.7 cm³/mol. The number of amides is 4. The smallest absolute Gasteiger partial charge is 0.326 e. The van der Waals surface area contributed by atoms with Crippen LogP contribution in [0.15, 0.2) is 22.8 Å².